The highest BCUT2D eigenvalue weighted by Crippen LogP contribution is 2.26. The maximum atomic E-state index is 12.3. The van der Waals surface area contributed by atoms with Gasteiger partial charge in [0.1, 0.15) is 0 Å². The smallest absolute Gasteiger partial charge is 0.227 e. The van der Waals surface area contributed by atoms with Crippen LogP contribution in [0.5, 0.6) is 0 Å². The van der Waals surface area contributed by atoms with Gasteiger partial charge in [0.15, 0.2) is 0 Å². The number of carbonyl (C=O) groups is 1. The van der Waals surface area contributed by atoms with E-state index < -0.39 is 0 Å². The number of piperidine rings is 1. The van der Waals surface area contributed by atoms with Gasteiger partial charge < -0.3 is 10.6 Å². The van der Waals surface area contributed by atoms with Gasteiger partial charge >= 0.3 is 0 Å². The summed E-state index contributed by atoms with van der Waals surface area (Å²) < 4.78 is 0. The predicted octanol–water partition coefficient (Wildman–Crippen LogP) is 1.65. The molecule has 1 saturated heterocycles. The van der Waals surface area contributed by atoms with Crippen LogP contribution in [0.1, 0.15) is 38.3 Å². The Bertz CT molecular complexity index is 399. The minimum atomic E-state index is -0.283. The van der Waals surface area contributed by atoms with Gasteiger partial charge in [-0.1, -0.05) is 6.07 Å². The molecular formula is C14H21N3O. The minimum Gasteiger partial charge on any atom is -0.349 e. The van der Waals surface area contributed by atoms with Crippen molar-refractivity contribution in [3.8, 4) is 0 Å². The van der Waals surface area contributed by atoms with E-state index in [1.807, 2.05) is 26.0 Å². The largest absolute Gasteiger partial charge is 0.349 e. The lowest BCUT2D eigenvalue weighted by atomic mass is 9.81. The van der Waals surface area contributed by atoms with Crippen molar-refractivity contribution in [2.75, 3.05) is 13.1 Å². The lowest BCUT2D eigenvalue weighted by molar-refractivity contribution is -0.131. The van der Waals surface area contributed by atoms with Crippen LogP contribution >= 0.6 is 0 Å². The van der Waals surface area contributed by atoms with Crippen LogP contribution in [0.4, 0.5) is 0 Å². The van der Waals surface area contributed by atoms with Crippen molar-refractivity contribution in [1.29, 1.82) is 0 Å². The molecule has 1 unspecified atom stereocenters. The summed E-state index contributed by atoms with van der Waals surface area (Å²) in [6.07, 6.45) is 5.55. The second kappa shape index (κ2) is 5.48. The number of hydrogen-bond acceptors (Lipinski definition) is 3. The Morgan fingerprint density at radius 3 is 3.06 bits per heavy atom. The summed E-state index contributed by atoms with van der Waals surface area (Å²) in [4.78, 5) is 16.4. The van der Waals surface area contributed by atoms with E-state index in [1.165, 1.54) is 0 Å². The summed E-state index contributed by atoms with van der Waals surface area (Å²) in [5.41, 5.74) is 0.757. The van der Waals surface area contributed by atoms with Crippen LogP contribution in [0.3, 0.4) is 0 Å². The molecule has 0 saturated carbocycles. The lowest BCUT2D eigenvalue weighted by Crippen LogP contribution is -2.49. The van der Waals surface area contributed by atoms with Gasteiger partial charge in [0.05, 0.1) is 11.5 Å². The first-order valence-corrected chi connectivity index (χ1v) is 6.53. The Balaban J connectivity index is 1.98. The van der Waals surface area contributed by atoms with Crippen molar-refractivity contribution in [2.24, 2.45) is 5.41 Å². The molecule has 1 aromatic rings. The van der Waals surface area contributed by atoms with Crippen molar-refractivity contribution in [1.82, 2.24) is 15.6 Å². The van der Waals surface area contributed by atoms with Gasteiger partial charge in [-0.05, 0) is 44.9 Å². The van der Waals surface area contributed by atoms with Crippen molar-refractivity contribution in [3.05, 3.63) is 30.1 Å². The van der Waals surface area contributed by atoms with E-state index in [1.54, 1.807) is 12.4 Å². The summed E-state index contributed by atoms with van der Waals surface area (Å²) in [5, 5.41) is 6.38. The van der Waals surface area contributed by atoms with Crippen LogP contribution < -0.4 is 10.6 Å². The molecule has 1 amide bonds. The third kappa shape index (κ3) is 2.88. The number of carbonyl (C=O) groups excluding carboxylic acids is 1. The quantitative estimate of drug-likeness (QED) is 0.854. The second-order valence-electron chi connectivity index (χ2n) is 5.32. The average molecular weight is 247 g/mol. The highest BCUT2D eigenvalue weighted by Gasteiger charge is 2.35. The normalized spacial score (nSPS) is 25.4. The zero-order chi connectivity index (χ0) is 13.0. The molecule has 4 nitrogen and oxygen atoms in total. The minimum absolute atomic E-state index is 0.00458. The Hall–Kier alpha value is -1.42. The molecule has 2 atom stereocenters. The van der Waals surface area contributed by atoms with Gasteiger partial charge in [0, 0.05) is 18.9 Å². The Morgan fingerprint density at radius 2 is 2.44 bits per heavy atom. The number of amides is 1. The zero-order valence-corrected chi connectivity index (χ0v) is 11.1. The monoisotopic (exact) mass is 247 g/mol. The topological polar surface area (TPSA) is 54.0 Å². The molecule has 18 heavy (non-hydrogen) atoms. The van der Waals surface area contributed by atoms with E-state index in [0.29, 0.717) is 0 Å². The molecule has 0 aliphatic carbocycles. The molecule has 1 fully saturated rings. The second-order valence-corrected chi connectivity index (χ2v) is 5.32. The standard InChI is InChI=1S/C14H21N3O/c1-11(12-5-3-7-15-9-12)17-13(18)14(2)6-4-8-16-10-14/h3,5,7,9,11,16H,4,6,8,10H2,1-2H3,(H,17,18)/t11-,14?/m1/s1. The van der Waals surface area contributed by atoms with Crippen molar-refractivity contribution in [3.63, 3.8) is 0 Å². The molecule has 98 valence electrons. The first-order valence-electron chi connectivity index (χ1n) is 6.53. The summed E-state index contributed by atoms with van der Waals surface area (Å²) in [6.45, 7) is 5.80. The number of hydrogen-bond donors (Lipinski definition) is 2. The summed E-state index contributed by atoms with van der Waals surface area (Å²) in [5.74, 6) is 0.131. The van der Waals surface area contributed by atoms with Crippen molar-refractivity contribution >= 4 is 5.91 Å². The highest BCUT2D eigenvalue weighted by molar-refractivity contribution is 5.83. The van der Waals surface area contributed by atoms with Gasteiger partial charge in [0.25, 0.3) is 0 Å². The summed E-state index contributed by atoms with van der Waals surface area (Å²) in [6, 6.07) is 3.88. The molecule has 0 spiro atoms. The fourth-order valence-corrected chi connectivity index (χ4v) is 2.34. The molecule has 1 aromatic heterocycles. The van der Waals surface area contributed by atoms with Gasteiger partial charge in [-0.25, -0.2) is 0 Å². The molecular weight excluding hydrogens is 226 g/mol. The van der Waals surface area contributed by atoms with E-state index >= 15 is 0 Å². The molecule has 1 aliphatic rings. The van der Waals surface area contributed by atoms with Crippen LogP contribution in [0.15, 0.2) is 24.5 Å². The number of nitrogens with zero attached hydrogens (tertiary/aromatic N) is 1. The van der Waals surface area contributed by atoms with Gasteiger partial charge in [0.2, 0.25) is 5.91 Å². The summed E-state index contributed by atoms with van der Waals surface area (Å²) >= 11 is 0. The van der Waals surface area contributed by atoms with Gasteiger partial charge in [-0.3, -0.25) is 9.78 Å². The average Bonchev–Trinajstić information content (AvgIpc) is 2.40. The molecule has 2 heterocycles. The highest BCUT2D eigenvalue weighted by atomic mass is 16.2. The van der Waals surface area contributed by atoms with Gasteiger partial charge in [-0.15, -0.1) is 0 Å². The van der Waals surface area contributed by atoms with E-state index in [9.17, 15) is 4.79 Å². The molecule has 0 radical (unpaired) electrons. The lowest BCUT2D eigenvalue weighted by Gasteiger charge is -2.33. The maximum absolute atomic E-state index is 12.3. The maximum Gasteiger partial charge on any atom is 0.227 e. The predicted molar refractivity (Wildman–Crippen MR) is 71.0 cm³/mol. The number of rotatable bonds is 3. The molecule has 4 heteroatoms. The van der Waals surface area contributed by atoms with Crippen LogP contribution in [0, 0.1) is 5.41 Å². The Morgan fingerprint density at radius 1 is 1.61 bits per heavy atom. The third-order valence-electron chi connectivity index (χ3n) is 3.68. The molecule has 1 aliphatic heterocycles. The third-order valence-corrected chi connectivity index (χ3v) is 3.68. The van der Waals surface area contributed by atoms with E-state index in [4.69, 9.17) is 0 Å². The van der Waals surface area contributed by atoms with E-state index in [-0.39, 0.29) is 17.4 Å². The zero-order valence-electron chi connectivity index (χ0n) is 11.1. The number of pyridine rings is 1. The first-order chi connectivity index (χ1) is 8.62. The van der Waals surface area contributed by atoms with E-state index in [2.05, 4.69) is 15.6 Å². The Kier molecular flexibility index (Phi) is 3.97. The van der Waals surface area contributed by atoms with Crippen molar-refractivity contribution in [2.45, 2.75) is 32.7 Å². The van der Waals surface area contributed by atoms with Crippen LogP contribution in [-0.4, -0.2) is 24.0 Å². The van der Waals surface area contributed by atoms with Crippen molar-refractivity contribution < 1.29 is 4.79 Å². The van der Waals surface area contributed by atoms with Crippen LogP contribution in [0.25, 0.3) is 0 Å². The fourth-order valence-electron chi connectivity index (χ4n) is 2.34. The fraction of sp³-hybridized carbons (Fsp3) is 0.571. The van der Waals surface area contributed by atoms with Crippen LogP contribution in [-0.2, 0) is 4.79 Å². The molecule has 0 bridgehead atoms. The molecule has 0 aromatic carbocycles. The summed E-state index contributed by atoms with van der Waals surface area (Å²) in [7, 11) is 0. The number of nitrogens with one attached hydrogen (secondary N) is 2. The number of aromatic nitrogens is 1. The molecule has 2 rings (SSSR count). The molecule has 2 N–H and O–H groups in total. The Labute approximate surface area is 108 Å². The van der Waals surface area contributed by atoms with Gasteiger partial charge in [-0.2, -0.15) is 0 Å². The van der Waals surface area contributed by atoms with Crippen LogP contribution in [0.2, 0.25) is 0 Å². The first kappa shape index (κ1) is 13.0. The SMILES string of the molecule is C[C@@H](NC(=O)C1(C)CCCNC1)c1cccnc1. The van der Waals surface area contributed by atoms with E-state index in [0.717, 1.165) is 31.5 Å².